The van der Waals surface area contributed by atoms with Gasteiger partial charge in [0.05, 0.1) is 17.7 Å². The molecule has 0 aliphatic carbocycles. The molecule has 28 heavy (non-hydrogen) atoms. The fourth-order valence-corrected chi connectivity index (χ4v) is 4.07. The molecule has 0 aromatic carbocycles. The lowest BCUT2D eigenvalue weighted by Gasteiger charge is -2.37. The molecule has 2 unspecified atom stereocenters. The first-order valence-corrected chi connectivity index (χ1v) is 9.67. The molecule has 0 spiro atoms. The number of nitriles is 1. The number of anilines is 1. The third-order valence-electron chi connectivity index (χ3n) is 5.40. The molecule has 0 amide bonds. The number of aromatic nitrogens is 4. The van der Waals surface area contributed by atoms with E-state index in [0.717, 1.165) is 37.1 Å². The lowest BCUT2D eigenvalue weighted by Crippen LogP contribution is -2.41. The molecule has 144 valence electrons. The van der Waals surface area contributed by atoms with Gasteiger partial charge in [0, 0.05) is 24.7 Å². The largest absolute Gasteiger partial charge is 0.356 e. The number of pyridine rings is 2. The first-order valence-electron chi connectivity index (χ1n) is 9.67. The Labute approximate surface area is 163 Å². The van der Waals surface area contributed by atoms with Gasteiger partial charge in [0.1, 0.15) is 11.5 Å². The summed E-state index contributed by atoms with van der Waals surface area (Å²) in [4.78, 5) is 11.0. The molecule has 2 atom stereocenters. The second kappa shape index (κ2) is 7.55. The lowest BCUT2D eigenvalue weighted by atomic mass is 9.81. The Hall–Kier alpha value is -3.01. The second-order valence-corrected chi connectivity index (χ2v) is 7.83. The summed E-state index contributed by atoms with van der Waals surface area (Å²) in [6.07, 6.45) is 3.46. The summed E-state index contributed by atoms with van der Waals surface area (Å²) in [7, 11) is 0. The highest BCUT2D eigenvalue weighted by molar-refractivity contribution is 5.89. The molecular formula is C21H23FN6. The van der Waals surface area contributed by atoms with Gasteiger partial charge in [0.2, 0.25) is 0 Å². The monoisotopic (exact) mass is 378 g/mol. The molecule has 3 aromatic rings. The van der Waals surface area contributed by atoms with Gasteiger partial charge in [-0.15, -0.1) is 0 Å². The minimum atomic E-state index is -0.399. The zero-order valence-corrected chi connectivity index (χ0v) is 16.1. The van der Waals surface area contributed by atoms with Crippen LogP contribution in [0.4, 0.5) is 10.2 Å². The molecule has 0 saturated carbocycles. The molecule has 7 heteroatoms. The van der Waals surface area contributed by atoms with E-state index in [0.29, 0.717) is 23.2 Å². The number of hydrogen-bond acceptors (Lipinski definition) is 5. The summed E-state index contributed by atoms with van der Waals surface area (Å²) in [5.41, 5.74) is 1.32. The van der Waals surface area contributed by atoms with Crippen LogP contribution in [0.2, 0.25) is 0 Å². The summed E-state index contributed by atoms with van der Waals surface area (Å²) in [5.74, 6) is 1.23. The van der Waals surface area contributed by atoms with Crippen molar-refractivity contribution in [1.82, 2.24) is 20.2 Å². The Balaban J connectivity index is 1.66. The number of rotatable bonds is 4. The Kier molecular flexibility index (Phi) is 4.95. The number of piperidine rings is 1. The number of nitrogens with one attached hydrogen (secondary N) is 1. The fourth-order valence-electron chi connectivity index (χ4n) is 4.07. The van der Waals surface area contributed by atoms with Gasteiger partial charge >= 0.3 is 0 Å². The number of fused-ring (bicyclic) bond motifs is 1. The maximum absolute atomic E-state index is 14.6. The third-order valence-corrected chi connectivity index (χ3v) is 5.40. The van der Waals surface area contributed by atoms with Gasteiger partial charge in [-0.05, 0) is 48.9 Å². The van der Waals surface area contributed by atoms with Crippen molar-refractivity contribution in [3.63, 3.8) is 0 Å². The van der Waals surface area contributed by atoms with E-state index in [1.807, 2.05) is 6.07 Å². The zero-order chi connectivity index (χ0) is 19.7. The number of halogens is 1. The van der Waals surface area contributed by atoms with Gasteiger partial charge in [-0.25, -0.2) is 14.4 Å². The molecule has 1 fully saturated rings. The second-order valence-electron chi connectivity index (χ2n) is 7.83. The van der Waals surface area contributed by atoms with E-state index in [1.54, 1.807) is 18.3 Å². The van der Waals surface area contributed by atoms with Crippen LogP contribution in [0, 0.1) is 34.9 Å². The van der Waals surface area contributed by atoms with Crippen LogP contribution < -0.4 is 4.90 Å². The lowest BCUT2D eigenvalue weighted by molar-refractivity contribution is 0.288. The number of hydrogen-bond donors (Lipinski definition) is 1. The Bertz CT molecular complexity index is 1020. The van der Waals surface area contributed by atoms with E-state index < -0.39 is 5.82 Å². The van der Waals surface area contributed by atoms with Crippen molar-refractivity contribution in [3.8, 4) is 17.5 Å². The predicted octanol–water partition coefficient (Wildman–Crippen LogP) is 4.17. The summed E-state index contributed by atoms with van der Waals surface area (Å²) in [5, 5.41) is 17.3. The van der Waals surface area contributed by atoms with Gasteiger partial charge in [0.25, 0.3) is 0 Å². The van der Waals surface area contributed by atoms with Crippen LogP contribution in [-0.4, -0.2) is 33.3 Å². The van der Waals surface area contributed by atoms with Gasteiger partial charge in [-0.1, -0.05) is 13.8 Å². The van der Waals surface area contributed by atoms with Crippen molar-refractivity contribution in [1.29, 1.82) is 5.26 Å². The number of nitrogens with zero attached hydrogens (tertiary/aromatic N) is 5. The van der Waals surface area contributed by atoms with E-state index in [1.165, 1.54) is 6.07 Å². The Morgan fingerprint density at radius 1 is 1.36 bits per heavy atom. The first kappa shape index (κ1) is 18.4. The summed E-state index contributed by atoms with van der Waals surface area (Å²) < 4.78 is 14.6. The van der Waals surface area contributed by atoms with E-state index in [4.69, 9.17) is 0 Å². The van der Waals surface area contributed by atoms with Gasteiger partial charge in [-0.2, -0.15) is 10.4 Å². The van der Waals surface area contributed by atoms with Crippen molar-refractivity contribution in [3.05, 3.63) is 36.3 Å². The minimum Gasteiger partial charge on any atom is -0.356 e. The molecule has 4 rings (SSSR count). The summed E-state index contributed by atoms with van der Waals surface area (Å²) >= 11 is 0. The molecule has 0 bridgehead atoms. The maximum atomic E-state index is 14.6. The van der Waals surface area contributed by atoms with Crippen LogP contribution in [0.1, 0.15) is 26.7 Å². The SMILES string of the molecule is CC(C)CC1CN(c2ccc(F)c(-c3[nH]nc4ncccc34)n2)CCC1C#N. The molecule has 3 aromatic heterocycles. The van der Waals surface area contributed by atoms with Gasteiger partial charge < -0.3 is 4.90 Å². The molecule has 1 saturated heterocycles. The fraction of sp³-hybridized carbons (Fsp3) is 0.429. The van der Waals surface area contributed by atoms with Crippen molar-refractivity contribution < 1.29 is 4.39 Å². The smallest absolute Gasteiger partial charge is 0.181 e. The number of aromatic amines is 1. The molecule has 0 radical (unpaired) electrons. The van der Waals surface area contributed by atoms with Crippen LogP contribution in [0.3, 0.4) is 0 Å². The van der Waals surface area contributed by atoms with E-state index >= 15 is 0 Å². The molecule has 4 heterocycles. The highest BCUT2D eigenvalue weighted by Gasteiger charge is 2.30. The van der Waals surface area contributed by atoms with Crippen molar-refractivity contribution >= 4 is 16.9 Å². The summed E-state index contributed by atoms with van der Waals surface area (Å²) in [6, 6.07) is 9.29. The predicted molar refractivity (Wildman–Crippen MR) is 106 cm³/mol. The van der Waals surface area contributed by atoms with Crippen LogP contribution in [0.5, 0.6) is 0 Å². The maximum Gasteiger partial charge on any atom is 0.181 e. The van der Waals surface area contributed by atoms with Crippen LogP contribution in [0.15, 0.2) is 30.5 Å². The standard InChI is InChI=1S/C21H23FN6/c1-13(2)10-15-12-28(9-7-14(15)11-23)18-6-5-17(22)20(25-18)19-16-4-3-8-24-21(16)27-26-19/h3-6,8,13-15H,7,9-10,12H2,1-2H3,(H,24,26,27). The Morgan fingerprint density at radius 2 is 2.21 bits per heavy atom. The molecule has 6 nitrogen and oxygen atoms in total. The highest BCUT2D eigenvalue weighted by Crippen LogP contribution is 2.33. The van der Waals surface area contributed by atoms with Crippen molar-refractivity contribution in [2.24, 2.45) is 17.8 Å². The quantitative estimate of drug-likeness (QED) is 0.737. The normalized spacial score (nSPS) is 19.9. The van der Waals surface area contributed by atoms with E-state index in [9.17, 15) is 9.65 Å². The highest BCUT2D eigenvalue weighted by atomic mass is 19.1. The summed E-state index contributed by atoms with van der Waals surface area (Å²) in [6.45, 7) is 5.87. The van der Waals surface area contributed by atoms with Crippen LogP contribution in [-0.2, 0) is 0 Å². The third kappa shape index (κ3) is 3.42. The zero-order valence-electron chi connectivity index (χ0n) is 16.1. The molecule has 1 N–H and O–H groups in total. The molecule has 1 aliphatic heterocycles. The molecule has 1 aliphatic rings. The van der Waals surface area contributed by atoms with Gasteiger partial charge in [-0.3, -0.25) is 5.10 Å². The van der Waals surface area contributed by atoms with Crippen LogP contribution in [0.25, 0.3) is 22.4 Å². The van der Waals surface area contributed by atoms with Crippen LogP contribution >= 0.6 is 0 Å². The van der Waals surface area contributed by atoms with E-state index in [2.05, 4.69) is 45.0 Å². The minimum absolute atomic E-state index is 0.0705. The van der Waals surface area contributed by atoms with E-state index in [-0.39, 0.29) is 11.6 Å². The Morgan fingerprint density at radius 3 is 3.00 bits per heavy atom. The van der Waals surface area contributed by atoms with Gasteiger partial charge in [0.15, 0.2) is 11.5 Å². The number of H-pyrrole nitrogens is 1. The first-order chi connectivity index (χ1) is 13.6. The van der Waals surface area contributed by atoms with Crippen molar-refractivity contribution in [2.45, 2.75) is 26.7 Å². The topological polar surface area (TPSA) is 81.5 Å². The average molecular weight is 378 g/mol. The molecular weight excluding hydrogens is 355 g/mol. The average Bonchev–Trinajstić information content (AvgIpc) is 3.12. The van der Waals surface area contributed by atoms with Crippen molar-refractivity contribution in [2.75, 3.05) is 18.0 Å².